The van der Waals surface area contributed by atoms with Gasteiger partial charge in [0.2, 0.25) is 0 Å². The number of esters is 1. The molecule has 1 N–H and O–H groups in total. The molecule has 1 atom stereocenters. The number of amides is 3. The molecular weight excluding hydrogens is 290 g/mol. The van der Waals surface area contributed by atoms with Crippen molar-refractivity contribution in [1.82, 2.24) is 15.1 Å². The molecule has 1 fully saturated rings. The molecule has 0 unspecified atom stereocenters. The number of urea groups is 1. The molecule has 8 heteroatoms. The molecule has 0 saturated carbocycles. The Morgan fingerprint density at radius 1 is 1.05 bits per heavy atom. The van der Waals surface area contributed by atoms with Crippen LogP contribution in [0.5, 0.6) is 0 Å². The first-order valence-electron chi connectivity index (χ1n) is 7.25. The lowest BCUT2D eigenvalue weighted by molar-refractivity contribution is -0.142. The number of nitrogens with one attached hydrogen (secondary N) is 1. The van der Waals surface area contributed by atoms with Crippen LogP contribution in [-0.4, -0.2) is 72.8 Å². The second kappa shape index (κ2) is 7.33. The van der Waals surface area contributed by atoms with Gasteiger partial charge in [0.15, 0.2) is 0 Å². The van der Waals surface area contributed by atoms with Gasteiger partial charge in [-0.25, -0.2) is 14.4 Å². The Kier molecular flexibility index (Phi) is 6.01. The fraction of sp³-hybridized carbons (Fsp3) is 0.786. The van der Waals surface area contributed by atoms with E-state index in [0.29, 0.717) is 26.2 Å². The van der Waals surface area contributed by atoms with E-state index in [-0.39, 0.29) is 12.1 Å². The molecular formula is C14H25N3O5. The van der Waals surface area contributed by atoms with Crippen LogP contribution in [0.25, 0.3) is 0 Å². The van der Waals surface area contributed by atoms with Crippen molar-refractivity contribution in [1.29, 1.82) is 0 Å². The molecule has 0 aromatic rings. The van der Waals surface area contributed by atoms with Gasteiger partial charge in [-0.3, -0.25) is 0 Å². The molecule has 22 heavy (non-hydrogen) atoms. The number of hydrogen-bond acceptors (Lipinski definition) is 5. The Morgan fingerprint density at radius 2 is 1.55 bits per heavy atom. The highest BCUT2D eigenvalue weighted by molar-refractivity contribution is 5.83. The van der Waals surface area contributed by atoms with Gasteiger partial charge >= 0.3 is 18.1 Å². The summed E-state index contributed by atoms with van der Waals surface area (Å²) in [4.78, 5) is 38.3. The minimum Gasteiger partial charge on any atom is -0.467 e. The molecule has 0 aromatic heterocycles. The fourth-order valence-corrected chi connectivity index (χ4v) is 1.93. The number of hydrogen-bond donors (Lipinski definition) is 1. The minimum atomic E-state index is -0.707. The van der Waals surface area contributed by atoms with Crippen molar-refractivity contribution < 1.29 is 23.9 Å². The Balaban J connectivity index is 2.43. The van der Waals surface area contributed by atoms with Gasteiger partial charge in [0.25, 0.3) is 0 Å². The SMILES string of the molecule is COC(=O)[C@H](C)NC(=O)N1CCN(C(=O)OC(C)(C)C)CC1. The van der Waals surface area contributed by atoms with Gasteiger partial charge in [0, 0.05) is 26.2 Å². The second-order valence-electron chi connectivity index (χ2n) is 6.15. The lowest BCUT2D eigenvalue weighted by atomic mass is 10.2. The van der Waals surface area contributed by atoms with Gasteiger partial charge in [-0.2, -0.15) is 0 Å². The summed E-state index contributed by atoms with van der Waals surface area (Å²) in [7, 11) is 1.27. The molecule has 1 heterocycles. The highest BCUT2D eigenvalue weighted by Crippen LogP contribution is 2.12. The number of rotatable bonds is 2. The quantitative estimate of drug-likeness (QED) is 0.762. The highest BCUT2D eigenvalue weighted by Gasteiger charge is 2.28. The van der Waals surface area contributed by atoms with Crippen molar-refractivity contribution in [3.8, 4) is 0 Å². The van der Waals surface area contributed by atoms with E-state index in [1.54, 1.807) is 16.7 Å². The van der Waals surface area contributed by atoms with Crippen LogP contribution in [0.2, 0.25) is 0 Å². The molecule has 0 aliphatic carbocycles. The molecule has 0 radical (unpaired) electrons. The Bertz CT molecular complexity index is 425. The van der Waals surface area contributed by atoms with E-state index in [2.05, 4.69) is 10.1 Å². The number of piperazine rings is 1. The van der Waals surface area contributed by atoms with Crippen LogP contribution in [-0.2, 0) is 14.3 Å². The van der Waals surface area contributed by atoms with Crippen molar-refractivity contribution in [2.75, 3.05) is 33.3 Å². The van der Waals surface area contributed by atoms with E-state index in [1.165, 1.54) is 7.11 Å². The monoisotopic (exact) mass is 315 g/mol. The zero-order valence-electron chi connectivity index (χ0n) is 13.8. The largest absolute Gasteiger partial charge is 0.467 e. The second-order valence-corrected chi connectivity index (χ2v) is 6.15. The van der Waals surface area contributed by atoms with Crippen molar-refractivity contribution >= 4 is 18.1 Å². The zero-order valence-corrected chi connectivity index (χ0v) is 13.8. The molecule has 1 aliphatic heterocycles. The molecule has 0 aromatic carbocycles. The third-order valence-corrected chi connectivity index (χ3v) is 3.11. The summed E-state index contributed by atoms with van der Waals surface area (Å²) in [5, 5.41) is 2.56. The smallest absolute Gasteiger partial charge is 0.410 e. The van der Waals surface area contributed by atoms with Crippen LogP contribution < -0.4 is 5.32 Å². The van der Waals surface area contributed by atoms with E-state index in [0.717, 1.165) is 0 Å². The maximum atomic E-state index is 12.0. The average molecular weight is 315 g/mol. The normalized spacial score (nSPS) is 16.8. The molecule has 1 saturated heterocycles. The number of ether oxygens (including phenoxy) is 2. The van der Waals surface area contributed by atoms with Crippen molar-refractivity contribution in [3.63, 3.8) is 0 Å². The highest BCUT2D eigenvalue weighted by atomic mass is 16.6. The van der Waals surface area contributed by atoms with Crippen molar-refractivity contribution in [2.45, 2.75) is 39.3 Å². The first-order chi connectivity index (χ1) is 10.1. The van der Waals surface area contributed by atoms with Gasteiger partial charge in [0.1, 0.15) is 11.6 Å². The average Bonchev–Trinajstić information content (AvgIpc) is 2.44. The molecule has 0 bridgehead atoms. The lowest BCUT2D eigenvalue weighted by Gasteiger charge is -2.35. The molecule has 1 aliphatic rings. The number of nitrogens with zero attached hydrogens (tertiary/aromatic N) is 2. The van der Waals surface area contributed by atoms with Crippen molar-refractivity contribution in [2.24, 2.45) is 0 Å². The van der Waals surface area contributed by atoms with E-state index in [9.17, 15) is 14.4 Å². The maximum absolute atomic E-state index is 12.0. The standard InChI is InChI=1S/C14H25N3O5/c1-10(11(18)21-5)15-12(19)16-6-8-17(9-7-16)13(20)22-14(2,3)4/h10H,6-9H2,1-5H3,(H,15,19)/t10-/m0/s1. The van der Waals surface area contributed by atoms with Crippen LogP contribution in [0.3, 0.4) is 0 Å². The first-order valence-corrected chi connectivity index (χ1v) is 7.25. The molecule has 126 valence electrons. The molecule has 0 spiro atoms. The topological polar surface area (TPSA) is 88.2 Å². The summed E-state index contributed by atoms with van der Waals surface area (Å²) in [6.07, 6.45) is -0.379. The van der Waals surface area contributed by atoms with Gasteiger partial charge in [0.05, 0.1) is 7.11 Å². The zero-order chi connectivity index (χ0) is 16.9. The number of methoxy groups -OCH3 is 1. The predicted molar refractivity (Wildman–Crippen MR) is 79.4 cm³/mol. The Morgan fingerprint density at radius 3 is 2.00 bits per heavy atom. The van der Waals surface area contributed by atoms with Crippen LogP contribution in [0, 0.1) is 0 Å². The summed E-state index contributed by atoms with van der Waals surface area (Å²) in [5.74, 6) is -0.499. The van der Waals surface area contributed by atoms with Gasteiger partial charge < -0.3 is 24.6 Å². The first kappa shape index (κ1) is 18.1. The minimum absolute atomic E-state index is 0.346. The third-order valence-electron chi connectivity index (χ3n) is 3.11. The molecule has 3 amide bonds. The summed E-state index contributed by atoms with van der Waals surface area (Å²) in [6.45, 7) is 8.55. The summed E-state index contributed by atoms with van der Waals surface area (Å²) in [5.41, 5.74) is -0.540. The van der Waals surface area contributed by atoms with Crippen LogP contribution in [0.4, 0.5) is 9.59 Å². The van der Waals surface area contributed by atoms with E-state index < -0.39 is 17.6 Å². The van der Waals surface area contributed by atoms with Gasteiger partial charge in [-0.15, -0.1) is 0 Å². The summed E-state index contributed by atoms with van der Waals surface area (Å²) < 4.78 is 9.84. The predicted octanol–water partition coefficient (Wildman–Crippen LogP) is 0.810. The number of carbonyl (C=O) groups excluding carboxylic acids is 3. The van der Waals surface area contributed by atoms with Gasteiger partial charge in [-0.1, -0.05) is 0 Å². The Labute approximate surface area is 130 Å². The fourth-order valence-electron chi connectivity index (χ4n) is 1.93. The van der Waals surface area contributed by atoms with Gasteiger partial charge in [-0.05, 0) is 27.7 Å². The maximum Gasteiger partial charge on any atom is 0.410 e. The van der Waals surface area contributed by atoms with E-state index in [4.69, 9.17) is 4.74 Å². The van der Waals surface area contributed by atoms with E-state index in [1.807, 2.05) is 20.8 Å². The number of carbonyl (C=O) groups is 3. The molecule has 8 nitrogen and oxygen atoms in total. The van der Waals surface area contributed by atoms with Crippen LogP contribution in [0.15, 0.2) is 0 Å². The molecule has 1 rings (SSSR count). The Hall–Kier alpha value is -1.99. The lowest BCUT2D eigenvalue weighted by Crippen LogP contribution is -2.55. The van der Waals surface area contributed by atoms with Crippen LogP contribution >= 0.6 is 0 Å². The summed E-state index contributed by atoms with van der Waals surface area (Å²) >= 11 is 0. The van der Waals surface area contributed by atoms with E-state index >= 15 is 0 Å². The third kappa shape index (κ3) is 5.42. The summed E-state index contributed by atoms with van der Waals surface area (Å²) in [6, 6.07) is -1.05. The van der Waals surface area contributed by atoms with Crippen LogP contribution in [0.1, 0.15) is 27.7 Å². The van der Waals surface area contributed by atoms with Crippen molar-refractivity contribution in [3.05, 3.63) is 0 Å².